The Labute approximate surface area is 149 Å². The molecule has 2 aromatic heterocycles. The van der Waals surface area contributed by atoms with E-state index >= 15 is 0 Å². The van der Waals surface area contributed by atoms with Crippen LogP contribution in [0.15, 0.2) is 36.5 Å². The fourth-order valence-electron chi connectivity index (χ4n) is 2.72. The Morgan fingerprint density at radius 3 is 2.73 bits per heavy atom. The van der Waals surface area contributed by atoms with Crippen molar-refractivity contribution < 1.29 is 14.0 Å². The van der Waals surface area contributed by atoms with Crippen LogP contribution >= 0.6 is 0 Å². The highest BCUT2D eigenvalue weighted by atomic mass is 19.1. The van der Waals surface area contributed by atoms with Gasteiger partial charge in [0.15, 0.2) is 0 Å². The van der Waals surface area contributed by atoms with Crippen LogP contribution in [0.4, 0.5) is 10.2 Å². The molecule has 0 saturated heterocycles. The van der Waals surface area contributed by atoms with E-state index in [1.165, 1.54) is 18.3 Å². The van der Waals surface area contributed by atoms with Crippen molar-refractivity contribution >= 4 is 28.5 Å². The maximum Gasteiger partial charge on any atom is 0.268 e. The van der Waals surface area contributed by atoms with Gasteiger partial charge in [-0.05, 0) is 30.5 Å². The van der Waals surface area contributed by atoms with Crippen LogP contribution in [0, 0.1) is 11.7 Å². The number of halogens is 1. The number of anilines is 1. The smallest absolute Gasteiger partial charge is 0.268 e. The summed E-state index contributed by atoms with van der Waals surface area (Å²) in [6.07, 6.45) is 1.98. The first-order valence-corrected chi connectivity index (χ1v) is 8.32. The topological polar surface area (TPSA) is 103 Å². The van der Waals surface area contributed by atoms with Crippen LogP contribution in [0.2, 0.25) is 0 Å². The van der Waals surface area contributed by atoms with Gasteiger partial charge in [0.1, 0.15) is 23.4 Å². The molecule has 1 aromatic carbocycles. The summed E-state index contributed by atoms with van der Waals surface area (Å²) in [5, 5.41) is 12.1. The summed E-state index contributed by atoms with van der Waals surface area (Å²) in [7, 11) is 0. The molecular weight excluding hydrogens is 337 g/mol. The Bertz CT molecular complexity index is 917. The number of carbonyl (C=O) groups is 2. The number of carbonyl (C=O) groups excluding carboxylic acids is 2. The number of nitrogens with one attached hydrogen (secondary N) is 4. The molecule has 3 aromatic rings. The highest BCUT2D eigenvalue weighted by Gasteiger charge is 2.24. The summed E-state index contributed by atoms with van der Waals surface area (Å²) in [4.78, 5) is 27.9. The molecule has 2 amide bonds. The second-order valence-electron chi connectivity index (χ2n) is 6.50. The van der Waals surface area contributed by atoms with Gasteiger partial charge in [-0.1, -0.05) is 19.9 Å². The number of hydrogen-bond acceptors (Lipinski definition) is 3. The van der Waals surface area contributed by atoms with Gasteiger partial charge >= 0.3 is 0 Å². The molecule has 136 valence electrons. The van der Waals surface area contributed by atoms with Crippen LogP contribution in [0.1, 0.15) is 30.8 Å². The SMILES string of the molecule is CC(C)CC(NC(=O)c1cc2c(F)cccc2[nH]1)C(=O)Nc1ccn[nH]1. The standard InChI is InChI=1S/C18H20FN5O2/c1-10(2)8-14(18(26)23-16-6-7-20-24-16)22-17(25)15-9-11-12(19)4-3-5-13(11)21-15/h3-7,9-10,14,21H,8H2,1-2H3,(H,22,25)(H2,20,23,24,26). The lowest BCUT2D eigenvalue weighted by Crippen LogP contribution is -2.44. The quantitative estimate of drug-likeness (QED) is 0.545. The van der Waals surface area contributed by atoms with Crippen LogP contribution < -0.4 is 10.6 Å². The van der Waals surface area contributed by atoms with E-state index in [4.69, 9.17) is 0 Å². The summed E-state index contributed by atoms with van der Waals surface area (Å²) in [5.74, 6) is -0.586. The van der Waals surface area contributed by atoms with E-state index in [1.807, 2.05) is 13.8 Å². The van der Waals surface area contributed by atoms with Gasteiger partial charge in [-0.25, -0.2) is 4.39 Å². The molecule has 2 heterocycles. The summed E-state index contributed by atoms with van der Waals surface area (Å²) >= 11 is 0. The summed E-state index contributed by atoms with van der Waals surface area (Å²) in [5.41, 5.74) is 0.727. The Hall–Kier alpha value is -3.16. The normalized spacial score (nSPS) is 12.3. The van der Waals surface area contributed by atoms with E-state index in [-0.39, 0.29) is 17.5 Å². The van der Waals surface area contributed by atoms with Crippen molar-refractivity contribution in [3.05, 3.63) is 48.0 Å². The highest BCUT2D eigenvalue weighted by Crippen LogP contribution is 2.19. The molecule has 4 N–H and O–H groups in total. The average molecular weight is 357 g/mol. The minimum atomic E-state index is -0.734. The molecule has 0 bridgehead atoms. The van der Waals surface area contributed by atoms with Gasteiger partial charge in [0.25, 0.3) is 5.91 Å². The first-order valence-electron chi connectivity index (χ1n) is 8.32. The van der Waals surface area contributed by atoms with E-state index in [1.54, 1.807) is 18.2 Å². The maximum absolute atomic E-state index is 13.8. The molecule has 8 heteroatoms. The summed E-state index contributed by atoms with van der Waals surface area (Å²) in [6.45, 7) is 3.92. The van der Waals surface area contributed by atoms with Crippen LogP contribution in [0.25, 0.3) is 10.9 Å². The van der Waals surface area contributed by atoms with Gasteiger partial charge in [0.2, 0.25) is 5.91 Å². The van der Waals surface area contributed by atoms with Crippen LogP contribution in [0.5, 0.6) is 0 Å². The Morgan fingerprint density at radius 2 is 2.08 bits per heavy atom. The predicted octanol–water partition coefficient (Wildman–Crippen LogP) is 2.81. The van der Waals surface area contributed by atoms with Crippen molar-refractivity contribution in [1.29, 1.82) is 0 Å². The van der Waals surface area contributed by atoms with Gasteiger partial charge in [-0.3, -0.25) is 14.7 Å². The second-order valence-corrected chi connectivity index (χ2v) is 6.50. The third kappa shape index (κ3) is 3.90. The molecule has 0 aliphatic heterocycles. The van der Waals surface area contributed by atoms with E-state index in [9.17, 15) is 14.0 Å². The summed E-state index contributed by atoms with van der Waals surface area (Å²) in [6, 6.07) is 6.91. The van der Waals surface area contributed by atoms with E-state index in [0.29, 0.717) is 23.1 Å². The average Bonchev–Trinajstić information content (AvgIpc) is 3.23. The fourth-order valence-corrected chi connectivity index (χ4v) is 2.72. The Kier molecular flexibility index (Phi) is 5.01. The number of fused-ring (bicyclic) bond motifs is 1. The minimum absolute atomic E-state index is 0.188. The largest absolute Gasteiger partial charge is 0.350 e. The molecule has 0 spiro atoms. The molecule has 3 rings (SSSR count). The lowest BCUT2D eigenvalue weighted by Gasteiger charge is -2.19. The van der Waals surface area contributed by atoms with Crippen LogP contribution in [-0.4, -0.2) is 33.0 Å². The molecule has 7 nitrogen and oxygen atoms in total. The first-order chi connectivity index (χ1) is 12.4. The van der Waals surface area contributed by atoms with Crippen LogP contribution in [0.3, 0.4) is 0 Å². The van der Waals surface area contributed by atoms with Gasteiger partial charge in [0.05, 0.1) is 6.20 Å². The predicted molar refractivity (Wildman–Crippen MR) is 96.2 cm³/mol. The molecule has 1 atom stereocenters. The minimum Gasteiger partial charge on any atom is -0.350 e. The number of rotatable bonds is 6. The van der Waals surface area contributed by atoms with Crippen molar-refractivity contribution in [1.82, 2.24) is 20.5 Å². The molecule has 0 saturated carbocycles. The van der Waals surface area contributed by atoms with Crippen molar-refractivity contribution in [2.75, 3.05) is 5.32 Å². The second kappa shape index (κ2) is 7.38. The maximum atomic E-state index is 13.8. The van der Waals surface area contributed by atoms with Crippen molar-refractivity contribution in [3.8, 4) is 0 Å². The lowest BCUT2D eigenvalue weighted by molar-refractivity contribution is -0.118. The van der Waals surface area contributed by atoms with E-state index in [0.717, 1.165) is 0 Å². The number of amides is 2. The molecule has 1 unspecified atom stereocenters. The molecule has 26 heavy (non-hydrogen) atoms. The van der Waals surface area contributed by atoms with Gasteiger partial charge < -0.3 is 15.6 Å². The summed E-state index contributed by atoms with van der Waals surface area (Å²) < 4.78 is 13.8. The monoisotopic (exact) mass is 357 g/mol. The van der Waals surface area contributed by atoms with Crippen LogP contribution in [-0.2, 0) is 4.79 Å². The zero-order valence-electron chi connectivity index (χ0n) is 14.5. The zero-order valence-corrected chi connectivity index (χ0v) is 14.5. The molecular formula is C18H20FN5O2. The number of benzene rings is 1. The molecule has 0 aliphatic carbocycles. The van der Waals surface area contributed by atoms with Crippen molar-refractivity contribution in [2.24, 2.45) is 5.92 Å². The first kappa shape index (κ1) is 17.7. The number of nitrogens with zero attached hydrogens (tertiary/aromatic N) is 1. The zero-order chi connectivity index (χ0) is 18.7. The molecule has 0 radical (unpaired) electrons. The Balaban J connectivity index is 1.77. The Morgan fingerprint density at radius 1 is 1.27 bits per heavy atom. The van der Waals surface area contributed by atoms with Gasteiger partial charge in [-0.15, -0.1) is 0 Å². The number of aromatic nitrogens is 3. The number of H-pyrrole nitrogens is 2. The van der Waals surface area contributed by atoms with Gasteiger partial charge in [0, 0.05) is 17.0 Å². The van der Waals surface area contributed by atoms with Gasteiger partial charge in [-0.2, -0.15) is 5.10 Å². The van der Waals surface area contributed by atoms with Crippen molar-refractivity contribution in [3.63, 3.8) is 0 Å². The van der Waals surface area contributed by atoms with Crippen molar-refractivity contribution in [2.45, 2.75) is 26.3 Å². The van der Waals surface area contributed by atoms with E-state index < -0.39 is 17.8 Å². The molecule has 0 aliphatic rings. The lowest BCUT2D eigenvalue weighted by atomic mass is 10.0. The third-order valence-electron chi connectivity index (χ3n) is 3.94. The fraction of sp³-hybridized carbons (Fsp3) is 0.278. The van der Waals surface area contributed by atoms with E-state index in [2.05, 4.69) is 25.8 Å². The molecule has 0 fully saturated rings. The third-order valence-corrected chi connectivity index (χ3v) is 3.94. The highest BCUT2D eigenvalue weighted by molar-refractivity contribution is 6.02. The number of hydrogen-bond donors (Lipinski definition) is 4. The number of aromatic amines is 2.